The second kappa shape index (κ2) is 12.5. The summed E-state index contributed by atoms with van der Waals surface area (Å²) in [5.74, 6) is 0.358. The number of ether oxygens (including phenoxy) is 1. The standard InChI is InChI=1S/C28H25ClN2O5S/c1-18-26(30-28(34)35-15-14-21-4-2-3-5-24(21)29)27(36-31-18)22-10-6-20(7-11-22)17-37-23-12-8-19(9-13-23)16-25(32)33/h2-13H,14-17H2,1H3,(H,30,34)(H,32,33). The first kappa shape index (κ1) is 26.3. The number of rotatable bonds is 10. The average Bonchev–Trinajstić information content (AvgIpc) is 3.24. The highest BCUT2D eigenvalue weighted by atomic mass is 35.5. The first-order chi connectivity index (χ1) is 17.9. The van der Waals surface area contributed by atoms with E-state index in [1.807, 2.05) is 66.7 Å². The van der Waals surface area contributed by atoms with Gasteiger partial charge in [-0.3, -0.25) is 10.1 Å². The number of anilines is 1. The Morgan fingerprint density at radius 1 is 1.03 bits per heavy atom. The Labute approximate surface area is 223 Å². The smallest absolute Gasteiger partial charge is 0.411 e. The summed E-state index contributed by atoms with van der Waals surface area (Å²) in [7, 11) is 0. The fraction of sp³-hybridized carbons (Fsp3) is 0.179. The minimum absolute atomic E-state index is 0.0185. The number of halogens is 1. The van der Waals surface area contributed by atoms with E-state index in [2.05, 4.69) is 10.5 Å². The van der Waals surface area contributed by atoms with Crippen molar-refractivity contribution in [2.24, 2.45) is 0 Å². The maximum atomic E-state index is 12.4. The van der Waals surface area contributed by atoms with Crippen molar-refractivity contribution in [1.82, 2.24) is 5.16 Å². The summed E-state index contributed by atoms with van der Waals surface area (Å²) in [4.78, 5) is 24.3. The minimum Gasteiger partial charge on any atom is -0.481 e. The zero-order valence-electron chi connectivity index (χ0n) is 20.1. The molecule has 9 heteroatoms. The van der Waals surface area contributed by atoms with Gasteiger partial charge in [0.25, 0.3) is 0 Å². The summed E-state index contributed by atoms with van der Waals surface area (Å²) in [6.07, 6.45) is -0.0684. The van der Waals surface area contributed by atoms with E-state index in [-0.39, 0.29) is 13.0 Å². The number of hydrogen-bond acceptors (Lipinski definition) is 6. The number of benzene rings is 3. The van der Waals surface area contributed by atoms with E-state index < -0.39 is 12.1 Å². The average molecular weight is 537 g/mol. The number of carbonyl (C=O) groups is 2. The molecular formula is C28H25ClN2O5S. The van der Waals surface area contributed by atoms with Crippen LogP contribution in [-0.4, -0.2) is 28.9 Å². The Kier molecular flexibility index (Phi) is 8.87. The molecule has 1 aromatic heterocycles. The van der Waals surface area contributed by atoms with Gasteiger partial charge in [-0.1, -0.05) is 71.4 Å². The maximum Gasteiger partial charge on any atom is 0.411 e. The van der Waals surface area contributed by atoms with Crippen LogP contribution in [0.3, 0.4) is 0 Å². The minimum atomic E-state index is -0.842. The van der Waals surface area contributed by atoms with Gasteiger partial charge in [-0.25, -0.2) is 4.79 Å². The molecule has 0 aliphatic rings. The van der Waals surface area contributed by atoms with Crippen LogP contribution >= 0.6 is 23.4 Å². The number of thioether (sulfide) groups is 1. The molecule has 37 heavy (non-hydrogen) atoms. The third-order valence-electron chi connectivity index (χ3n) is 5.55. The summed E-state index contributed by atoms with van der Waals surface area (Å²) in [6.45, 7) is 1.93. The molecule has 0 bridgehead atoms. The largest absolute Gasteiger partial charge is 0.481 e. The molecule has 0 aliphatic heterocycles. The van der Waals surface area contributed by atoms with Gasteiger partial charge in [0.15, 0.2) is 5.76 Å². The number of nitrogens with zero attached hydrogens (tertiary/aromatic N) is 1. The van der Waals surface area contributed by atoms with E-state index in [0.717, 1.165) is 32.9 Å². The van der Waals surface area contributed by atoms with Crippen molar-refractivity contribution in [2.45, 2.75) is 30.4 Å². The van der Waals surface area contributed by atoms with E-state index >= 15 is 0 Å². The molecule has 0 saturated heterocycles. The van der Waals surface area contributed by atoms with Gasteiger partial charge in [-0.05, 0) is 41.8 Å². The van der Waals surface area contributed by atoms with Crippen LogP contribution in [0.15, 0.2) is 82.2 Å². The second-order valence-electron chi connectivity index (χ2n) is 8.27. The van der Waals surface area contributed by atoms with Crippen LogP contribution < -0.4 is 5.32 Å². The van der Waals surface area contributed by atoms with Crippen molar-refractivity contribution in [1.29, 1.82) is 0 Å². The molecule has 0 atom stereocenters. The Hall–Kier alpha value is -3.75. The van der Waals surface area contributed by atoms with Crippen molar-refractivity contribution in [3.63, 3.8) is 0 Å². The maximum absolute atomic E-state index is 12.4. The zero-order valence-corrected chi connectivity index (χ0v) is 21.6. The molecule has 4 aromatic rings. The van der Waals surface area contributed by atoms with E-state index in [1.165, 1.54) is 0 Å². The van der Waals surface area contributed by atoms with Crippen molar-refractivity contribution >= 4 is 41.1 Å². The summed E-state index contributed by atoms with van der Waals surface area (Å²) in [6, 6.07) is 22.8. The number of aryl methyl sites for hydroxylation is 1. The number of carboxylic acid groups (broad SMARTS) is 1. The number of carbonyl (C=O) groups excluding carboxylic acids is 1. The fourth-order valence-electron chi connectivity index (χ4n) is 3.60. The molecular weight excluding hydrogens is 512 g/mol. The molecule has 0 aliphatic carbocycles. The number of nitrogens with one attached hydrogen (secondary N) is 1. The second-order valence-corrected chi connectivity index (χ2v) is 9.73. The molecule has 0 radical (unpaired) electrons. The summed E-state index contributed by atoms with van der Waals surface area (Å²) >= 11 is 7.81. The summed E-state index contributed by atoms with van der Waals surface area (Å²) in [5, 5.41) is 16.3. The third kappa shape index (κ3) is 7.38. The van der Waals surface area contributed by atoms with Crippen LogP contribution in [0.1, 0.15) is 22.4 Å². The Morgan fingerprint density at radius 3 is 2.43 bits per heavy atom. The molecule has 4 rings (SSSR count). The number of carboxylic acids is 1. The zero-order chi connectivity index (χ0) is 26.2. The molecule has 7 nitrogen and oxygen atoms in total. The quantitative estimate of drug-likeness (QED) is 0.210. The van der Waals surface area contributed by atoms with Crippen LogP contribution in [0.2, 0.25) is 5.02 Å². The van der Waals surface area contributed by atoms with E-state index in [4.69, 9.17) is 26.0 Å². The highest BCUT2D eigenvalue weighted by Crippen LogP contribution is 2.32. The predicted molar refractivity (Wildman–Crippen MR) is 144 cm³/mol. The van der Waals surface area contributed by atoms with Crippen LogP contribution in [-0.2, 0) is 28.1 Å². The number of aliphatic carboxylic acids is 1. The fourth-order valence-corrected chi connectivity index (χ4v) is 4.69. The van der Waals surface area contributed by atoms with Gasteiger partial charge in [-0.15, -0.1) is 11.8 Å². The molecule has 1 heterocycles. The number of amides is 1. The molecule has 0 saturated carbocycles. The van der Waals surface area contributed by atoms with Crippen LogP contribution in [0.25, 0.3) is 11.3 Å². The molecule has 190 valence electrons. The molecule has 0 fully saturated rings. The first-order valence-corrected chi connectivity index (χ1v) is 12.9. The molecule has 0 spiro atoms. The normalized spacial score (nSPS) is 10.8. The Bertz CT molecular complexity index is 1370. The van der Waals surface area contributed by atoms with E-state index in [1.54, 1.807) is 24.8 Å². The molecule has 0 unspecified atom stereocenters. The SMILES string of the molecule is Cc1noc(-c2ccc(CSc3ccc(CC(=O)O)cc3)cc2)c1NC(=O)OCCc1ccccc1Cl. The Balaban J connectivity index is 1.33. The monoisotopic (exact) mass is 536 g/mol. The lowest BCUT2D eigenvalue weighted by atomic mass is 10.1. The van der Waals surface area contributed by atoms with Crippen LogP contribution in [0.4, 0.5) is 10.5 Å². The topological polar surface area (TPSA) is 102 Å². The molecule has 2 N–H and O–H groups in total. The van der Waals surface area contributed by atoms with Gasteiger partial charge in [-0.2, -0.15) is 0 Å². The summed E-state index contributed by atoms with van der Waals surface area (Å²) in [5.41, 5.74) is 4.58. The van der Waals surface area contributed by atoms with Gasteiger partial charge in [0.05, 0.1) is 13.0 Å². The lowest BCUT2D eigenvalue weighted by Crippen LogP contribution is -2.16. The van der Waals surface area contributed by atoms with E-state index in [9.17, 15) is 9.59 Å². The van der Waals surface area contributed by atoms with Crippen LogP contribution in [0.5, 0.6) is 0 Å². The number of hydrogen-bond donors (Lipinski definition) is 2. The van der Waals surface area contributed by atoms with Gasteiger partial charge in [0, 0.05) is 27.7 Å². The lowest BCUT2D eigenvalue weighted by molar-refractivity contribution is -0.136. The number of aromatic nitrogens is 1. The molecule has 3 aromatic carbocycles. The van der Waals surface area contributed by atoms with E-state index in [0.29, 0.717) is 28.6 Å². The Morgan fingerprint density at radius 2 is 1.73 bits per heavy atom. The van der Waals surface area contributed by atoms with Gasteiger partial charge in [0.2, 0.25) is 0 Å². The predicted octanol–water partition coefficient (Wildman–Crippen LogP) is 7.01. The van der Waals surface area contributed by atoms with Gasteiger partial charge < -0.3 is 14.4 Å². The van der Waals surface area contributed by atoms with Gasteiger partial charge >= 0.3 is 12.1 Å². The molecule has 1 amide bonds. The van der Waals surface area contributed by atoms with Crippen LogP contribution in [0, 0.1) is 6.92 Å². The summed E-state index contributed by atoms with van der Waals surface area (Å²) < 4.78 is 10.8. The third-order valence-corrected chi connectivity index (χ3v) is 7.00. The highest BCUT2D eigenvalue weighted by Gasteiger charge is 2.18. The van der Waals surface area contributed by atoms with Crippen molar-refractivity contribution in [3.05, 3.63) is 100 Å². The first-order valence-electron chi connectivity index (χ1n) is 11.6. The van der Waals surface area contributed by atoms with Crippen molar-refractivity contribution < 1.29 is 24.0 Å². The lowest BCUT2D eigenvalue weighted by Gasteiger charge is -2.09. The van der Waals surface area contributed by atoms with Crippen molar-refractivity contribution in [3.8, 4) is 11.3 Å². The highest BCUT2D eigenvalue weighted by molar-refractivity contribution is 7.98. The van der Waals surface area contributed by atoms with Crippen molar-refractivity contribution in [2.75, 3.05) is 11.9 Å². The van der Waals surface area contributed by atoms with Gasteiger partial charge in [0.1, 0.15) is 11.4 Å².